The molecule has 3 N–H and O–H groups in total. The van der Waals surface area contributed by atoms with Crippen molar-refractivity contribution in [1.82, 2.24) is 30.4 Å². The number of imidazole rings is 1. The van der Waals surface area contributed by atoms with Crippen LogP contribution in [0.2, 0.25) is 0 Å². The van der Waals surface area contributed by atoms with Gasteiger partial charge in [-0.2, -0.15) is 0 Å². The highest BCUT2D eigenvalue weighted by Gasteiger charge is 2.39. The summed E-state index contributed by atoms with van der Waals surface area (Å²) in [5.41, 5.74) is 7.43. The summed E-state index contributed by atoms with van der Waals surface area (Å²) in [6.45, 7) is 5.18. The number of benzene rings is 2. The van der Waals surface area contributed by atoms with Crippen molar-refractivity contribution in [2.24, 2.45) is 16.8 Å². The van der Waals surface area contributed by atoms with Gasteiger partial charge in [-0.15, -0.1) is 0 Å². The lowest BCUT2D eigenvalue weighted by molar-refractivity contribution is -0.136. The van der Waals surface area contributed by atoms with Crippen molar-refractivity contribution >= 4 is 35.3 Å². The molecule has 7 rings (SSSR count). The normalized spacial score (nSPS) is 22.7. The fourth-order valence-corrected chi connectivity index (χ4v) is 8.71. The number of allylic oxidation sites excluding steroid dienone is 1. The summed E-state index contributed by atoms with van der Waals surface area (Å²) in [6.07, 6.45) is 10.2. The molecular formula is C43H53N7O6. The van der Waals surface area contributed by atoms with E-state index in [4.69, 9.17) is 14.5 Å². The van der Waals surface area contributed by atoms with Crippen molar-refractivity contribution in [2.45, 2.75) is 95.8 Å². The molecule has 1 unspecified atom stereocenters. The van der Waals surface area contributed by atoms with Crippen molar-refractivity contribution in [2.75, 3.05) is 27.3 Å². The number of nitrogens with zero attached hydrogens (tertiary/aromatic N) is 4. The van der Waals surface area contributed by atoms with Gasteiger partial charge in [-0.3, -0.25) is 14.6 Å². The van der Waals surface area contributed by atoms with E-state index < -0.39 is 18.2 Å². The molecule has 56 heavy (non-hydrogen) atoms. The summed E-state index contributed by atoms with van der Waals surface area (Å²) < 4.78 is 9.50. The molecule has 2 aromatic carbocycles. The topological polar surface area (TPSA) is 158 Å². The van der Waals surface area contributed by atoms with Gasteiger partial charge in [-0.1, -0.05) is 62.4 Å². The molecule has 1 aliphatic carbocycles. The predicted octanol–water partition coefficient (Wildman–Crippen LogP) is 6.88. The smallest absolute Gasteiger partial charge is 0.407 e. The van der Waals surface area contributed by atoms with E-state index in [1.54, 1.807) is 0 Å². The monoisotopic (exact) mass is 763 g/mol. The van der Waals surface area contributed by atoms with E-state index in [0.717, 1.165) is 109 Å². The fourth-order valence-electron chi connectivity index (χ4n) is 8.71. The van der Waals surface area contributed by atoms with Gasteiger partial charge in [0.15, 0.2) is 0 Å². The van der Waals surface area contributed by atoms with Gasteiger partial charge in [0, 0.05) is 43.4 Å². The first kappa shape index (κ1) is 38.8. The molecule has 4 heterocycles. The van der Waals surface area contributed by atoms with E-state index in [0.29, 0.717) is 6.54 Å². The number of H-pyrrole nitrogens is 1. The molecule has 0 spiro atoms. The highest BCUT2D eigenvalue weighted by Crippen LogP contribution is 2.36. The van der Waals surface area contributed by atoms with Crippen LogP contribution in [0.25, 0.3) is 28.0 Å². The van der Waals surface area contributed by atoms with Crippen LogP contribution < -0.4 is 10.6 Å². The molecule has 4 aliphatic rings. The second-order valence-corrected chi connectivity index (χ2v) is 15.7. The number of carbonyl (C=O) groups excluding carboxylic acids is 4. The van der Waals surface area contributed by atoms with Crippen LogP contribution in [0.3, 0.4) is 0 Å². The van der Waals surface area contributed by atoms with Gasteiger partial charge in [0.2, 0.25) is 11.8 Å². The highest BCUT2D eigenvalue weighted by atomic mass is 16.5. The van der Waals surface area contributed by atoms with E-state index in [9.17, 15) is 19.2 Å². The number of rotatable bonds is 10. The van der Waals surface area contributed by atoms with Crippen LogP contribution in [0.1, 0.15) is 89.1 Å². The number of amides is 4. The Kier molecular flexibility index (Phi) is 11.9. The number of likely N-dealkylation sites (tertiary alicyclic amines) is 2. The van der Waals surface area contributed by atoms with Crippen molar-refractivity contribution in [3.05, 3.63) is 72.3 Å². The van der Waals surface area contributed by atoms with Crippen LogP contribution in [-0.2, 0) is 19.1 Å². The molecule has 1 aromatic heterocycles. The number of methoxy groups -OCH3 is 2. The molecule has 13 heteroatoms. The fraction of sp³-hybridized carbons (Fsp3) is 0.488. The molecule has 2 saturated heterocycles. The zero-order valence-corrected chi connectivity index (χ0v) is 32.8. The Morgan fingerprint density at radius 3 is 2.02 bits per heavy atom. The van der Waals surface area contributed by atoms with Gasteiger partial charge in [-0.25, -0.2) is 14.6 Å². The molecule has 3 atom stereocenters. The third kappa shape index (κ3) is 8.36. The van der Waals surface area contributed by atoms with Crippen molar-refractivity contribution in [1.29, 1.82) is 0 Å². The minimum absolute atomic E-state index is 0.0127. The van der Waals surface area contributed by atoms with Crippen molar-refractivity contribution in [3.8, 4) is 22.4 Å². The average Bonchev–Trinajstić information content (AvgIpc) is 4.07. The molecular weight excluding hydrogens is 711 g/mol. The maximum absolute atomic E-state index is 13.7. The van der Waals surface area contributed by atoms with E-state index in [1.165, 1.54) is 14.2 Å². The Balaban J connectivity index is 0.936. The van der Waals surface area contributed by atoms with Gasteiger partial charge in [0.05, 0.1) is 38.2 Å². The first-order chi connectivity index (χ1) is 27.1. The average molecular weight is 764 g/mol. The molecule has 296 valence electrons. The summed E-state index contributed by atoms with van der Waals surface area (Å²) in [4.78, 5) is 67.6. The van der Waals surface area contributed by atoms with Gasteiger partial charge in [0.1, 0.15) is 11.9 Å². The molecule has 3 fully saturated rings. The summed E-state index contributed by atoms with van der Waals surface area (Å²) >= 11 is 0. The predicted molar refractivity (Wildman–Crippen MR) is 213 cm³/mol. The Morgan fingerprint density at radius 2 is 1.38 bits per heavy atom. The first-order valence-electron chi connectivity index (χ1n) is 19.9. The van der Waals surface area contributed by atoms with Crippen LogP contribution in [0.15, 0.2) is 65.9 Å². The maximum Gasteiger partial charge on any atom is 0.407 e. The van der Waals surface area contributed by atoms with E-state index in [-0.39, 0.29) is 41.8 Å². The summed E-state index contributed by atoms with van der Waals surface area (Å²) in [7, 11) is 2.67. The van der Waals surface area contributed by atoms with Crippen LogP contribution in [0.4, 0.5) is 9.59 Å². The third-order valence-corrected chi connectivity index (χ3v) is 11.9. The highest BCUT2D eigenvalue weighted by molar-refractivity contribution is 6.03. The van der Waals surface area contributed by atoms with Gasteiger partial charge in [-0.05, 0) is 85.1 Å². The second-order valence-electron chi connectivity index (χ2n) is 15.7. The number of aromatic amines is 1. The molecule has 3 aliphatic heterocycles. The van der Waals surface area contributed by atoms with Crippen LogP contribution in [0, 0.1) is 11.8 Å². The summed E-state index contributed by atoms with van der Waals surface area (Å²) in [6, 6.07) is 16.2. The van der Waals surface area contributed by atoms with Crippen molar-refractivity contribution in [3.63, 3.8) is 0 Å². The number of carbonyl (C=O) groups is 4. The minimum Gasteiger partial charge on any atom is -0.453 e. The van der Waals surface area contributed by atoms with Crippen LogP contribution in [0.5, 0.6) is 0 Å². The number of nitrogens with one attached hydrogen (secondary N) is 3. The largest absolute Gasteiger partial charge is 0.453 e. The van der Waals surface area contributed by atoms with Gasteiger partial charge < -0.3 is 34.9 Å². The zero-order chi connectivity index (χ0) is 39.3. The lowest BCUT2D eigenvalue weighted by Crippen LogP contribution is -2.51. The van der Waals surface area contributed by atoms with Crippen LogP contribution >= 0.6 is 0 Å². The molecule has 3 aromatic rings. The lowest BCUT2D eigenvalue weighted by atomic mass is 9.85. The zero-order valence-electron chi connectivity index (χ0n) is 32.8. The molecule has 13 nitrogen and oxygen atoms in total. The van der Waals surface area contributed by atoms with Crippen LogP contribution in [-0.4, -0.2) is 94.9 Å². The molecule has 4 amide bonds. The quantitative estimate of drug-likeness (QED) is 0.203. The number of alkyl carbamates (subject to hydrolysis) is 2. The Hall–Kier alpha value is -5.46. The molecule has 0 bridgehead atoms. The Bertz CT molecular complexity index is 1960. The number of hydrogen-bond donors (Lipinski definition) is 3. The number of ether oxygens (including phenoxy) is 2. The molecule has 1 saturated carbocycles. The van der Waals surface area contributed by atoms with Gasteiger partial charge in [0.25, 0.3) is 0 Å². The number of hydrogen-bond acceptors (Lipinski definition) is 8. The summed E-state index contributed by atoms with van der Waals surface area (Å²) in [5.74, 6) is 0.719. The van der Waals surface area contributed by atoms with Crippen molar-refractivity contribution < 1.29 is 28.7 Å². The minimum atomic E-state index is -0.679. The lowest BCUT2D eigenvalue weighted by Gasteiger charge is -2.33. The first-order valence-corrected chi connectivity index (χ1v) is 19.9. The Morgan fingerprint density at radius 1 is 0.768 bits per heavy atom. The maximum atomic E-state index is 13.7. The van der Waals surface area contributed by atoms with E-state index >= 15 is 0 Å². The Labute approximate surface area is 328 Å². The standard InChI is InChI=1S/C43H53N7O6/c1-26(2)38(48-43(54)56-4)41(52)50-22-6-8-37(50)39-45-25-35(47-39)30-15-13-28(14-16-30)27-9-11-29(12-10-27)32-23-34(44-24-32)36-7-5-21-49(36)40(51)31-17-19-33(20-18-31)46-42(53)55-3/h9-16,24-26,31,33,36-38H,5-8,17-23H2,1-4H3,(H,45,47)(H,46,53)(H,48,54)/t31?,33?,36?,37-,38-/m0/s1. The third-order valence-electron chi connectivity index (χ3n) is 11.9. The number of aromatic nitrogens is 2. The molecule has 0 radical (unpaired) electrons. The second kappa shape index (κ2) is 17.1. The SMILES string of the molecule is COC(=O)NC1CCC(C(=O)N2CCCC2C2=NC=C(c3ccc(-c4ccc(-c5cnc([C@@H]6CCCN6C(=O)[C@@H](NC(=O)OC)C(C)C)[nH]5)cc4)cc3)C2)CC1. The summed E-state index contributed by atoms with van der Waals surface area (Å²) in [5, 5.41) is 5.58. The van der Waals surface area contributed by atoms with E-state index in [2.05, 4.69) is 74.0 Å². The van der Waals surface area contributed by atoms with E-state index in [1.807, 2.05) is 31.1 Å². The number of aliphatic imine (C=N–C) groups is 1. The van der Waals surface area contributed by atoms with Gasteiger partial charge >= 0.3 is 12.2 Å².